The molecule has 0 unspecified atom stereocenters. The molecule has 2 rings (SSSR count). The molecule has 1 N–H and O–H groups in total. The van der Waals surface area contributed by atoms with Gasteiger partial charge < -0.3 is 9.84 Å². The quantitative estimate of drug-likeness (QED) is 0.897. The average molecular weight is 270 g/mol. The van der Waals surface area contributed by atoms with Crippen LogP contribution in [0.2, 0.25) is 0 Å². The van der Waals surface area contributed by atoms with Gasteiger partial charge in [-0.2, -0.15) is 13.9 Å². The number of aromatic carboxylic acids is 1. The second-order valence-electron chi connectivity index (χ2n) is 3.46. The van der Waals surface area contributed by atoms with Gasteiger partial charge >= 0.3 is 12.6 Å². The van der Waals surface area contributed by atoms with E-state index in [-0.39, 0.29) is 22.8 Å². The van der Waals surface area contributed by atoms with E-state index in [4.69, 9.17) is 5.11 Å². The van der Waals surface area contributed by atoms with Crippen molar-refractivity contribution in [3.63, 3.8) is 0 Å². The van der Waals surface area contributed by atoms with Crippen LogP contribution in [0.15, 0.2) is 18.6 Å². The molecule has 2 aromatic heterocycles. The first kappa shape index (κ1) is 12.9. The van der Waals surface area contributed by atoms with E-state index in [9.17, 15) is 13.6 Å². The molecule has 0 radical (unpaired) electrons. The van der Waals surface area contributed by atoms with Crippen LogP contribution < -0.4 is 4.74 Å². The number of rotatable bonds is 4. The van der Waals surface area contributed by atoms with Gasteiger partial charge in [-0.3, -0.25) is 4.68 Å². The van der Waals surface area contributed by atoms with Gasteiger partial charge in [0.1, 0.15) is 0 Å². The number of hydrogen-bond donors (Lipinski definition) is 1. The third-order valence-electron chi connectivity index (χ3n) is 2.24. The van der Waals surface area contributed by atoms with Gasteiger partial charge in [-0.15, -0.1) is 0 Å². The molecule has 0 saturated heterocycles. The number of alkyl halides is 2. The zero-order valence-electron chi connectivity index (χ0n) is 9.62. The minimum atomic E-state index is -2.97. The Kier molecular flexibility index (Phi) is 3.36. The third kappa shape index (κ3) is 2.64. The first-order chi connectivity index (χ1) is 8.99. The Hall–Kier alpha value is -2.58. The monoisotopic (exact) mass is 270 g/mol. The van der Waals surface area contributed by atoms with Crippen LogP contribution in [-0.4, -0.2) is 37.4 Å². The fourth-order valence-electron chi connectivity index (χ4n) is 1.47. The highest BCUT2D eigenvalue weighted by Crippen LogP contribution is 2.21. The maximum absolute atomic E-state index is 11.9. The molecule has 0 amide bonds. The summed E-state index contributed by atoms with van der Waals surface area (Å²) >= 11 is 0. The van der Waals surface area contributed by atoms with Crippen molar-refractivity contribution in [3.05, 3.63) is 24.3 Å². The molecule has 0 aliphatic rings. The van der Waals surface area contributed by atoms with Crippen molar-refractivity contribution in [1.82, 2.24) is 19.7 Å². The van der Waals surface area contributed by atoms with E-state index >= 15 is 0 Å². The molecule has 7 nitrogen and oxygen atoms in total. The Balaban J connectivity index is 2.35. The summed E-state index contributed by atoms with van der Waals surface area (Å²) in [6.45, 7) is -2.97. The highest BCUT2D eigenvalue weighted by Gasteiger charge is 2.19. The second kappa shape index (κ2) is 4.96. The van der Waals surface area contributed by atoms with Crippen LogP contribution >= 0.6 is 0 Å². The maximum Gasteiger partial charge on any atom is 0.387 e. The lowest BCUT2D eigenvalue weighted by atomic mass is 10.2. The number of hydrogen-bond acceptors (Lipinski definition) is 5. The van der Waals surface area contributed by atoms with Gasteiger partial charge in [-0.05, 0) is 0 Å². The van der Waals surface area contributed by atoms with Crippen LogP contribution in [0, 0.1) is 0 Å². The van der Waals surface area contributed by atoms with Crippen molar-refractivity contribution in [1.29, 1.82) is 0 Å². The first-order valence-corrected chi connectivity index (χ1v) is 5.01. The summed E-state index contributed by atoms with van der Waals surface area (Å²) in [6.07, 6.45) is 3.35. The van der Waals surface area contributed by atoms with Crippen molar-refractivity contribution in [2.24, 2.45) is 7.05 Å². The number of aryl methyl sites for hydroxylation is 1. The zero-order chi connectivity index (χ0) is 14.0. The molecule has 2 aromatic rings. The lowest BCUT2D eigenvalue weighted by molar-refractivity contribution is -0.0503. The van der Waals surface area contributed by atoms with Crippen molar-refractivity contribution >= 4 is 5.97 Å². The van der Waals surface area contributed by atoms with Crippen LogP contribution in [0.25, 0.3) is 11.4 Å². The molecule has 0 aromatic carbocycles. The van der Waals surface area contributed by atoms with Crippen LogP contribution in [0.3, 0.4) is 0 Å². The standard InChI is InChI=1S/C10H8F2N4O3/c1-16-7(9(17)18)6(4-15-16)8-13-2-5(3-14-8)19-10(11)12/h2-4,10H,1H3,(H,17,18). The minimum absolute atomic E-state index is 0.0621. The highest BCUT2D eigenvalue weighted by atomic mass is 19.3. The molecule has 0 fully saturated rings. The molecule has 9 heteroatoms. The Morgan fingerprint density at radius 1 is 1.37 bits per heavy atom. The Bertz CT molecular complexity index is 597. The number of carboxylic acid groups (broad SMARTS) is 1. The van der Waals surface area contributed by atoms with Crippen molar-refractivity contribution in [2.45, 2.75) is 6.61 Å². The molecule has 0 aliphatic carbocycles. The highest BCUT2D eigenvalue weighted by molar-refractivity contribution is 5.92. The normalized spacial score (nSPS) is 10.7. The van der Waals surface area contributed by atoms with E-state index in [0.717, 1.165) is 17.1 Å². The molecule has 0 spiro atoms. The third-order valence-corrected chi connectivity index (χ3v) is 2.24. The molecule has 19 heavy (non-hydrogen) atoms. The number of aromatic nitrogens is 4. The number of nitrogens with zero attached hydrogens (tertiary/aromatic N) is 4. The van der Waals surface area contributed by atoms with E-state index in [1.54, 1.807) is 0 Å². The van der Waals surface area contributed by atoms with E-state index in [1.807, 2.05) is 0 Å². The topological polar surface area (TPSA) is 90.1 Å². The Morgan fingerprint density at radius 3 is 2.53 bits per heavy atom. The van der Waals surface area contributed by atoms with Gasteiger partial charge in [0.25, 0.3) is 0 Å². The maximum atomic E-state index is 11.9. The van der Waals surface area contributed by atoms with E-state index in [2.05, 4.69) is 19.8 Å². The predicted molar refractivity (Wildman–Crippen MR) is 57.8 cm³/mol. The summed E-state index contributed by atoms with van der Waals surface area (Å²) in [7, 11) is 1.46. The minimum Gasteiger partial charge on any atom is -0.477 e. The molecule has 0 saturated carbocycles. The summed E-state index contributed by atoms with van der Waals surface area (Å²) in [5, 5.41) is 12.8. The smallest absolute Gasteiger partial charge is 0.387 e. The Morgan fingerprint density at radius 2 is 2.00 bits per heavy atom. The fourth-order valence-corrected chi connectivity index (χ4v) is 1.47. The number of halogens is 2. The summed E-state index contributed by atoms with van der Waals surface area (Å²) in [6, 6.07) is 0. The van der Waals surface area contributed by atoms with Crippen molar-refractivity contribution < 1.29 is 23.4 Å². The fraction of sp³-hybridized carbons (Fsp3) is 0.200. The zero-order valence-corrected chi connectivity index (χ0v) is 9.62. The van der Waals surface area contributed by atoms with Gasteiger partial charge in [0, 0.05) is 7.05 Å². The van der Waals surface area contributed by atoms with Crippen LogP contribution in [0.5, 0.6) is 5.75 Å². The summed E-state index contributed by atoms with van der Waals surface area (Å²) in [5.74, 6) is -1.34. The molecular formula is C10H8F2N4O3. The number of carbonyl (C=O) groups is 1. The largest absolute Gasteiger partial charge is 0.477 e. The van der Waals surface area contributed by atoms with E-state index in [1.165, 1.54) is 13.2 Å². The van der Waals surface area contributed by atoms with Crippen LogP contribution in [0.4, 0.5) is 8.78 Å². The molecule has 0 atom stereocenters. The summed E-state index contributed by atoms with van der Waals surface area (Å²) < 4.78 is 29.1. The van der Waals surface area contributed by atoms with Crippen molar-refractivity contribution in [3.8, 4) is 17.1 Å². The van der Waals surface area contributed by atoms with Gasteiger partial charge in [0.05, 0.1) is 24.2 Å². The average Bonchev–Trinajstić information content (AvgIpc) is 2.71. The summed E-state index contributed by atoms with van der Waals surface area (Å²) in [4.78, 5) is 18.6. The van der Waals surface area contributed by atoms with Gasteiger partial charge in [-0.25, -0.2) is 14.8 Å². The molecule has 0 bridgehead atoms. The van der Waals surface area contributed by atoms with E-state index in [0.29, 0.717) is 0 Å². The molecule has 2 heterocycles. The lowest BCUT2D eigenvalue weighted by Crippen LogP contribution is -2.08. The van der Waals surface area contributed by atoms with Gasteiger partial charge in [0.15, 0.2) is 17.3 Å². The molecular weight excluding hydrogens is 262 g/mol. The Labute approximate surface area is 105 Å². The first-order valence-electron chi connectivity index (χ1n) is 5.01. The summed E-state index contributed by atoms with van der Waals surface area (Å²) in [5.41, 5.74) is 0.0983. The van der Waals surface area contributed by atoms with Crippen LogP contribution in [0.1, 0.15) is 10.5 Å². The van der Waals surface area contributed by atoms with Gasteiger partial charge in [-0.1, -0.05) is 0 Å². The molecule has 0 aliphatic heterocycles. The van der Waals surface area contributed by atoms with E-state index < -0.39 is 12.6 Å². The number of ether oxygens (including phenoxy) is 1. The van der Waals surface area contributed by atoms with Crippen LogP contribution in [-0.2, 0) is 7.05 Å². The molecule has 100 valence electrons. The van der Waals surface area contributed by atoms with Gasteiger partial charge in [0.2, 0.25) is 0 Å². The van der Waals surface area contributed by atoms with Crippen molar-refractivity contribution in [2.75, 3.05) is 0 Å². The second-order valence-corrected chi connectivity index (χ2v) is 3.46. The lowest BCUT2D eigenvalue weighted by Gasteiger charge is -2.04. The predicted octanol–water partition coefficient (Wildman–Crippen LogP) is 1.18. The number of carboxylic acids is 1. The SMILES string of the molecule is Cn1ncc(-c2ncc(OC(F)F)cn2)c1C(=O)O.